The first-order valence-electron chi connectivity index (χ1n) is 7.52. The topological polar surface area (TPSA) is 61.4 Å². The first kappa shape index (κ1) is 18.2. The second-order valence-electron chi connectivity index (χ2n) is 5.59. The Balaban J connectivity index is 2.25. The van der Waals surface area contributed by atoms with Crippen molar-refractivity contribution in [3.63, 3.8) is 0 Å². The molecule has 0 atom stereocenters. The highest BCUT2D eigenvalue weighted by molar-refractivity contribution is 7.92. The van der Waals surface area contributed by atoms with Crippen molar-refractivity contribution in [1.82, 2.24) is 5.32 Å². The van der Waals surface area contributed by atoms with Crippen LogP contribution in [0.3, 0.4) is 0 Å². The van der Waals surface area contributed by atoms with Crippen LogP contribution < -0.4 is 14.9 Å². The van der Waals surface area contributed by atoms with Gasteiger partial charge in [-0.25, -0.2) is 8.42 Å². The summed E-state index contributed by atoms with van der Waals surface area (Å²) in [7, 11) is -2.11. The van der Waals surface area contributed by atoms with E-state index >= 15 is 0 Å². The molecule has 0 saturated carbocycles. The Kier molecular flexibility index (Phi) is 5.80. The molecule has 2 aromatic carbocycles. The van der Waals surface area contributed by atoms with Gasteiger partial charge in [-0.05, 0) is 56.4 Å². The van der Waals surface area contributed by atoms with E-state index in [1.165, 1.54) is 11.4 Å². The molecular formula is C17H21N3O2S2. The van der Waals surface area contributed by atoms with Gasteiger partial charge in [-0.3, -0.25) is 4.31 Å². The lowest BCUT2D eigenvalue weighted by molar-refractivity contribution is 0.594. The Morgan fingerprint density at radius 3 is 2.38 bits per heavy atom. The van der Waals surface area contributed by atoms with Gasteiger partial charge in [-0.1, -0.05) is 24.3 Å². The summed E-state index contributed by atoms with van der Waals surface area (Å²) in [6, 6.07) is 15.7. The van der Waals surface area contributed by atoms with Crippen molar-refractivity contribution in [3.05, 3.63) is 54.6 Å². The van der Waals surface area contributed by atoms with Crippen molar-refractivity contribution in [2.75, 3.05) is 16.7 Å². The van der Waals surface area contributed by atoms with Crippen molar-refractivity contribution in [2.45, 2.75) is 24.8 Å². The smallest absolute Gasteiger partial charge is 0.264 e. The first-order valence-corrected chi connectivity index (χ1v) is 9.37. The highest BCUT2D eigenvalue weighted by Crippen LogP contribution is 2.23. The zero-order chi connectivity index (χ0) is 17.7. The van der Waals surface area contributed by atoms with Crippen LogP contribution >= 0.6 is 12.2 Å². The predicted octanol–water partition coefficient (Wildman–Crippen LogP) is 3.21. The molecule has 0 aliphatic rings. The molecule has 0 aliphatic carbocycles. The van der Waals surface area contributed by atoms with Crippen LogP contribution in [0.4, 0.5) is 11.4 Å². The average Bonchev–Trinajstić information content (AvgIpc) is 2.54. The molecule has 2 rings (SSSR count). The number of nitrogens with zero attached hydrogens (tertiary/aromatic N) is 1. The SMILES string of the molecule is CC(C)NC(=S)Nc1cccc(S(=O)(=O)N(C)c2ccccc2)c1. The van der Waals surface area contributed by atoms with Crippen molar-refractivity contribution in [1.29, 1.82) is 0 Å². The van der Waals surface area contributed by atoms with Crippen LogP contribution in [0, 0.1) is 0 Å². The van der Waals surface area contributed by atoms with Crippen molar-refractivity contribution in [3.8, 4) is 0 Å². The Labute approximate surface area is 148 Å². The van der Waals surface area contributed by atoms with Gasteiger partial charge in [0, 0.05) is 18.8 Å². The highest BCUT2D eigenvalue weighted by Gasteiger charge is 2.21. The minimum Gasteiger partial charge on any atom is -0.360 e. The number of rotatable bonds is 5. The third kappa shape index (κ3) is 4.46. The quantitative estimate of drug-likeness (QED) is 0.799. The van der Waals surface area contributed by atoms with Crippen molar-refractivity contribution in [2.24, 2.45) is 0 Å². The molecule has 0 unspecified atom stereocenters. The summed E-state index contributed by atoms with van der Waals surface area (Å²) < 4.78 is 26.9. The molecule has 24 heavy (non-hydrogen) atoms. The van der Waals surface area contributed by atoms with Crippen LogP contribution in [-0.4, -0.2) is 26.6 Å². The summed E-state index contributed by atoms with van der Waals surface area (Å²) in [5.41, 5.74) is 1.23. The summed E-state index contributed by atoms with van der Waals surface area (Å²) >= 11 is 5.20. The molecule has 0 fully saturated rings. The van der Waals surface area contributed by atoms with Crippen molar-refractivity contribution >= 4 is 38.7 Å². The summed E-state index contributed by atoms with van der Waals surface area (Å²) in [6.07, 6.45) is 0. The van der Waals surface area contributed by atoms with Crippen LogP contribution in [0.2, 0.25) is 0 Å². The summed E-state index contributed by atoms with van der Waals surface area (Å²) in [4.78, 5) is 0.200. The Bertz CT molecular complexity index is 806. The third-order valence-electron chi connectivity index (χ3n) is 3.29. The molecule has 7 heteroatoms. The zero-order valence-electron chi connectivity index (χ0n) is 13.9. The minimum atomic E-state index is -3.64. The summed E-state index contributed by atoms with van der Waals surface area (Å²) in [5.74, 6) is 0. The fraction of sp³-hybridized carbons (Fsp3) is 0.235. The normalized spacial score (nSPS) is 11.2. The summed E-state index contributed by atoms with van der Waals surface area (Å²) in [5, 5.41) is 6.51. The monoisotopic (exact) mass is 363 g/mol. The molecule has 0 aromatic heterocycles. The average molecular weight is 364 g/mol. The second-order valence-corrected chi connectivity index (χ2v) is 7.97. The van der Waals surface area contributed by atoms with Crippen LogP contribution in [0.15, 0.2) is 59.5 Å². The molecule has 2 aromatic rings. The van der Waals surface area contributed by atoms with Crippen LogP contribution in [0.25, 0.3) is 0 Å². The van der Waals surface area contributed by atoms with Crippen LogP contribution in [0.5, 0.6) is 0 Å². The van der Waals surface area contributed by atoms with E-state index in [4.69, 9.17) is 12.2 Å². The van der Waals surface area contributed by atoms with Crippen LogP contribution in [0.1, 0.15) is 13.8 Å². The van der Waals surface area contributed by atoms with Gasteiger partial charge in [0.1, 0.15) is 0 Å². The molecular weight excluding hydrogens is 342 g/mol. The van der Waals surface area contributed by atoms with E-state index in [9.17, 15) is 8.42 Å². The lowest BCUT2D eigenvalue weighted by Gasteiger charge is -2.20. The third-order valence-corrected chi connectivity index (χ3v) is 5.29. The minimum absolute atomic E-state index is 0.195. The Hall–Kier alpha value is -2.12. The Morgan fingerprint density at radius 1 is 1.08 bits per heavy atom. The lowest BCUT2D eigenvalue weighted by Crippen LogP contribution is -2.34. The van der Waals surface area contributed by atoms with Crippen molar-refractivity contribution < 1.29 is 8.42 Å². The fourth-order valence-corrected chi connectivity index (χ4v) is 3.69. The van der Waals surface area contributed by atoms with E-state index < -0.39 is 10.0 Å². The molecule has 0 heterocycles. The predicted molar refractivity (Wildman–Crippen MR) is 103 cm³/mol. The Morgan fingerprint density at radius 2 is 1.75 bits per heavy atom. The zero-order valence-corrected chi connectivity index (χ0v) is 15.5. The van der Waals surface area contributed by atoms with Gasteiger partial charge < -0.3 is 10.6 Å². The van der Waals surface area contributed by atoms with E-state index in [-0.39, 0.29) is 10.9 Å². The molecule has 0 amide bonds. The van der Waals surface area contributed by atoms with Gasteiger partial charge in [-0.15, -0.1) is 0 Å². The molecule has 0 saturated heterocycles. The molecule has 2 N–H and O–H groups in total. The van der Waals surface area contributed by atoms with E-state index in [0.717, 1.165) is 0 Å². The van der Waals surface area contributed by atoms with Gasteiger partial charge in [-0.2, -0.15) is 0 Å². The molecule has 5 nitrogen and oxygen atoms in total. The molecule has 0 bridgehead atoms. The second kappa shape index (κ2) is 7.63. The molecule has 0 aliphatic heterocycles. The van der Waals surface area contributed by atoms with Gasteiger partial charge in [0.2, 0.25) is 0 Å². The number of sulfonamides is 1. The number of anilines is 2. The number of benzene rings is 2. The van der Waals surface area contributed by atoms with Gasteiger partial charge in [0.25, 0.3) is 10.0 Å². The fourth-order valence-electron chi connectivity index (χ4n) is 2.10. The van der Waals surface area contributed by atoms with Gasteiger partial charge >= 0.3 is 0 Å². The lowest BCUT2D eigenvalue weighted by atomic mass is 10.3. The highest BCUT2D eigenvalue weighted by atomic mass is 32.2. The van der Waals surface area contributed by atoms with Gasteiger partial charge in [0.15, 0.2) is 5.11 Å². The van der Waals surface area contributed by atoms with Crippen LogP contribution in [-0.2, 0) is 10.0 Å². The molecule has 128 valence electrons. The first-order chi connectivity index (χ1) is 11.3. The molecule has 0 spiro atoms. The maximum absolute atomic E-state index is 12.8. The number of hydrogen-bond donors (Lipinski definition) is 2. The van der Waals surface area contributed by atoms with Gasteiger partial charge in [0.05, 0.1) is 10.6 Å². The van der Waals surface area contributed by atoms with E-state index in [2.05, 4.69) is 10.6 Å². The van der Waals surface area contributed by atoms with E-state index in [1.807, 2.05) is 19.9 Å². The number of para-hydroxylation sites is 1. The maximum Gasteiger partial charge on any atom is 0.264 e. The van der Waals surface area contributed by atoms with E-state index in [0.29, 0.717) is 16.5 Å². The standard InChI is InChI=1S/C17H21N3O2S2/c1-13(2)18-17(23)19-14-8-7-11-16(12-14)24(21,22)20(3)15-9-5-4-6-10-15/h4-13H,1-3H3,(H2,18,19,23). The van der Waals surface area contributed by atoms with E-state index in [1.54, 1.807) is 48.5 Å². The largest absolute Gasteiger partial charge is 0.360 e. The number of nitrogens with one attached hydrogen (secondary N) is 2. The maximum atomic E-state index is 12.8. The number of thiocarbonyl (C=S) groups is 1. The molecule has 0 radical (unpaired) electrons. The number of hydrogen-bond acceptors (Lipinski definition) is 3. The summed E-state index contributed by atoms with van der Waals surface area (Å²) in [6.45, 7) is 3.95.